The summed E-state index contributed by atoms with van der Waals surface area (Å²) in [5.74, 6) is 1.05. The number of hydrogen-bond donors (Lipinski definition) is 1. The molecule has 2 nitrogen and oxygen atoms in total. The molecule has 1 rings (SSSR count). The van der Waals surface area contributed by atoms with Crippen LogP contribution in [-0.2, 0) is 4.74 Å². The summed E-state index contributed by atoms with van der Waals surface area (Å²) >= 11 is 0. The second kappa shape index (κ2) is 11.8. The Labute approximate surface area is 129 Å². The molecule has 0 aromatic carbocycles. The number of H-pyrrole nitrogens is 1. The molecular weight excluding hydrogens is 258 g/mol. The van der Waals surface area contributed by atoms with Crippen molar-refractivity contribution >= 4 is 11.8 Å². The molecule has 1 aromatic heterocycles. The van der Waals surface area contributed by atoms with E-state index < -0.39 is 0 Å². The summed E-state index contributed by atoms with van der Waals surface area (Å²) < 4.78 is 5.84. The van der Waals surface area contributed by atoms with Crippen molar-refractivity contribution in [2.45, 2.75) is 41.0 Å². The maximum atomic E-state index is 5.84. The fraction of sp³-hybridized carbons (Fsp3) is 0.368. The predicted molar refractivity (Wildman–Crippen MR) is 94.3 cm³/mol. The Morgan fingerprint density at radius 1 is 1.33 bits per heavy atom. The van der Waals surface area contributed by atoms with Crippen LogP contribution in [0.25, 0.3) is 11.8 Å². The molecule has 0 aliphatic carbocycles. The molecule has 0 unspecified atom stereocenters. The molecule has 1 aromatic rings. The van der Waals surface area contributed by atoms with Gasteiger partial charge in [0.25, 0.3) is 0 Å². The van der Waals surface area contributed by atoms with Crippen molar-refractivity contribution in [1.29, 1.82) is 0 Å². The fourth-order valence-electron chi connectivity index (χ4n) is 1.65. The zero-order valence-electron chi connectivity index (χ0n) is 14.1. The van der Waals surface area contributed by atoms with Crippen molar-refractivity contribution in [3.63, 3.8) is 0 Å². The van der Waals surface area contributed by atoms with E-state index in [-0.39, 0.29) is 0 Å². The minimum Gasteiger partial charge on any atom is -0.493 e. The summed E-state index contributed by atoms with van der Waals surface area (Å²) in [6.07, 6.45) is 12.6. The van der Waals surface area contributed by atoms with Crippen LogP contribution >= 0.6 is 0 Å². The zero-order valence-corrected chi connectivity index (χ0v) is 14.1. The normalized spacial score (nSPS) is 13.8. The van der Waals surface area contributed by atoms with Gasteiger partial charge in [-0.3, -0.25) is 0 Å². The Balaban J connectivity index is 0.000000690. The van der Waals surface area contributed by atoms with Crippen LogP contribution in [0, 0.1) is 0 Å². The lowest BCUT2D eigenvalue weighted by Gasteiger charge is -2.08. The molecule has 0 atom stereocenters. The molecule has 116 valence electrons. The molecule has 2 heteroatoms. The van der Waals surface area contributed by atoms with Gasteiger partial charge in [0.15, 0.2) is 0 Å². The molecule has 0 radical (unpaired) electrons. The summed E-state index contributed by atoms with van der Waals surface area (Å²) in [4.78, 5) is 3.20. The van der Waals surface area contributed by atoms with Crippen LogP contribution in [0.3, 0.4) is 0 Å². The topological polar surface area (TPSA) is 25.0 Å². The third kappa shape index (κ3) is 7.40. The van der Waals surface area contributed by atoms with Gasteiger partial charge >= 0.3 is 0 Å². The highest BCUT2D eigenvalue weighted by Gasteiger charge is 1.99. The van der Waals surface area contributed by atoms with Crippen LogP contribution in [0.4, 0.5) is 0 Å². The first-order valence-corrected chi connectivity index (χ1v) is 7.45. The molecule has 0 saturated heterocycles. The lowest BCUT2D eigenvalue weighted by atomic mass is 10.2. The summed E-state index contributed by atoms with van der Waals surface area (Å²) in [5, 5.41) is 2.31. The molecule has 0 fully saturated rings. The van der Waals surface area contributed by atoms with Gasteiger partial charge in [0.2, 0.25) is 0 Å². The van der Waals surface area contributed by atoms with E-state index in [2.05, 4.69) is 43.6 Å². The zero-order chi connectivity index (χ0) is 16.1. The number of aromatic nitrogens is 1. The standard InChI is InChI=1S/C14H21NO.C5H8/c1-5-11(4)10-16-14(7-3)12-8-9-15-13(12)6-2;1-3-5-4-2/h5-6,8-9,15H,7,10H2,1-4H3;3-5H,1H2,2H3/b11-5+,13-6+,14-12+;5-4-. The van der Waals surface area contributed by atoms with Gasteiger partial charge in [-0.1, -0.05) is 43.9 Å². The van der Waals surface area contributed by atoms with Crippen LogP contribution < -0.4 is 10.6 Å². The molecule has 0 amide bonds. The van der Waals surface area contributed by atoms with E-state index in [9.17, 15) is 0 Å². The number of rotatable bonds is 5. The van der Waals surface area contributed by atoms with Gasteiger partial charge in [0, 0.05) is 23.2 Å². The molecule has 0 aliphatic heterocycles. The van der Waals surface area contributed by atoms with E-state index in [1.165, 1.54) is 10.8 Å². The second-order valence-electron chi connectivity index (χ2n) is 4.56. The lowest BCUT2D eigenvalue weighted by molar-refractivity contribution is 0.294. The fourth-order valence-corrected chi connectivity index (χ4v) is 1.65. The summed E-state index contributed by atoms with van der Waals surface area (Å²) in [6, 6.07) is 2.07. The molecule has 1 heterocycles. The van der Waals surface area contributed by atoms with E-state index in [4.69, 9.17) is 4.74 Å². The average molecular weight is 287 g/mol. The van der Waals surface area contributed by atoms with E-state index in [1.54, 1.807) is 6.08 Å². The van der Waals surface area contributed by atoms with Crippen molar-refractivity contribution in [3.8, 4) is 0 Å². The monoisotopic (exact) mass is 287 g/mol. The number of allylic oxidation sites excluding steroid dienone is 4. The van der Waals surface area contributed by atoms with Crippen molar-refractivity contribution < 1.29 is 4.74 Å². The summed E-state index contributed by atoms with van der Waals surface area (Å²) in [5.41, 5.74) is 1.25. The Morgan fingerprint density at radius 3 is 2.48 bits per heavy atom. The Kier molecular flexibility index (Phi) is 10.7. The molecule has 0 spiro atoms. The van der Waals surface area contributed by atoms with Gasteiger partial charge in [0.05, 0.1) is 0 Å². The van der Waals surface area contributed by atoms with Gasteiger partial charge in [-0.15, -0.1) is 0 Å². The first-order chi connectivity index (χ1) is 10.1. The van der Waals surface area contributed by atoms with Crippen LogP contribution in [-0.4, -0.2) is 11.6 Å². The highest BCUT2D eigenvalue weighted by Crippen LogP contribution is 2.04. The molecule has 1 N–H and O–H groups in total. The smallest absolute Gasteiger partial charge is 0.109 e. The second-order valence-corrected chi connectivity index (χ2v) is 4.56. The molecular formula is C19H29NO. The van der Waals surface area contributed by atoms with E-state index in [0.717, 1.165) is 17.5 Å². The van der Waals surface area contributed by atoms with E-state index in [0.29, 0.717) is 6.61 Å². The van der Waals surface area contributed by atoms with Crippen LogP contribution in [0.1, 0.15) is 41.0 Å². The highest BCUT2D eigenvalue weighted by molar-refractivity contribution is 5.38. The van der Waals surface area contributed by atoms with Crippen LogP contribution in [0.5, 0.6) is 0 Å². The Morgan fingerprint density at radius 2 is 2.05 bits per heavy atom. The summed E-state index contributed by atoms with van der Waals surface area (Å²) in [7, 11) is 0. The first-order valence-electron chi connectivity index (χ1n) is 7.45. The lowest BCUT2D eigenvalue weighted by Crippen LogP contribution is -2.25. The van der Waals surface area contributed by atoms with Crippen molar-refractivity contribution in [1.82, 2.24) is 4.98 Å². The number of aromatic amines is 1. The first kappa shape index (κ1) is 19.0. The van der Waals surface area contributed by atoms with Crippen molar-refractivity contribution in [3.05, 3.63) is 59.3 Å². The highest BCUT2D eigenvalue weighted by atomic mass is 16.5. The molecule has 0 saturated carbocycles. The maximum Gasteiger partial charge on any atom is 0.109 e. The Bertz CT molecular complexity index is 573. The van der Waals surface area contributed by atoms with Gasteiger partial charge in [0.1, 0.15) is 12.4 Å². The van der Waals surface area contributed by atoms with Crippen LogP contribution in [0.2, 0.25) is 0 Å². The quantitative estimate of drug-likeness (QED) is 0.641. The van der Waals surface area contributed by atoms with Crippen LogP contribution in [0.15, 0.2) is 48.7 Å². The van der Waals surface area contributed by atoms with Gasteiger partial charge in [-0.25, -0.2) is 0 Å². The summed E-state index contributed by atoms with van der Waals surface area (Å²) in [6.45, 7) is 14.4. The van der Waals surface area contributed by atoms with E-state index in [1.807, 2.05) is 39.1 Å². The van der Waals surface area contributed by atoms with Gasteiger partial charge in [-0.05, 0) is 39.3 Å². The number of hydrogen-bond acceptors (Lipinski definition) is 1. The Hall–Kier alpha value is -1.96. The largest absolute Gasteiger partial charge is 0.493 e. The third-order valence-electron chi connectivity index (χ3n) is 2.98. The third-order valence-corrected chi connectivity index (χ3v) is 2.98. The van der Waals surface area contributed by atoms with Gasteiger partial charge in [-0.2, -0.15) is 0 Å². The van der Waals surface area contributed by atoms with Crippen molar-refractivity contribution in [2.24, 2.45) is 0 Å². The van der Waals surface area contributed by atoms with Crippen molar-refractivity contribution in [2.75, 3.05) is 6.61 Å². The minimum absolute atomic E-state index is 0.675. The number of nitrogens with one attached hydrogen (secondary N) is 1. The molecule has 0 bridgehead atoms. The maximum absolute atomic E-state index is 5.84. The average Bonchev–Trinajstić information content (AvgIpc) is 2.97. The minimum atomic E-state index is 0.675. The SMILES string of the molecule is C/C=C(\C)CO/C(CC)=c1\cc[nH]\c1=C\C.C=C/C=C\C. The molecule has 21 heavy (non-hydrogen) atoms. The van der Waals surface area contributed by atoms with Gasteiger partial charge < -0.3 is 9.72 Å². The van der Waals surface area contributed by atoms with E-state index >= 15 is 0 Å². The predicted octanol–water partition coefficient (Wildman–Crippen LogP) is 4.06. The molecule has 0 aliphatic rings. The number of ether oxygens (including phenoxy) is 1.